The van der Waals surface area contributed by atoms with E-state index in [1.807, 2.05) is 0 Å². The highest BCUT2D eigenvalue weighted by Crippen LogP contribution is 2.19. The van der Waals surface area contributed by atoms with Crippen LogP contribution in [-0.4, -0.2) is 60.3 Å². The van der Waals surface area contributed by atoms with Crippen molar-refractivity contribution in [2.24, 2.45) is 5.73 Å². The highest BCUT2D eigenvalue weighted by molar-refractivity contribution is 6.08. The van der Waals surface area contributed by atoms with Gasteiger partial charge in [-0.3, -0.25) is 4.79 Å². The van der Waals surface area contributed by atoms with Gasteiger partial charge < -0.3 is 30.9 Å². The van der Waals surface area contributed by atoms with Crippen LogP contribution in [0.5, 0.6) is 5.75 Å². The molecule has 0 aliphatic heterocycles. The summed E-state index contributed by atoms with van der Waals surface area (Å²) in [6.07, 6.45) is 0.259. The van der Waals surface area contributed by atoms with Crippen LogP contribution in [-0.2, 0) is 25.5 Å². The van der Waals surface area contributed by atoms with Crippen LogP contribution in [0.15, 0.2) is 24.3 Å². The zero-order chi connectivity index (χ0) is 22.4. The summed E-state index contributed by atoms with van der Waals surface area (Å²) in [6, 6.07) is 5.05. The van der Waals surface area contributed by atoms with E-state index in [0.717, 1.165) is 5.56 Å². The molecule has 0 radical (unpaired) electrons. The number of methoxy groups -OCH3 is 1. The van der Waals surface area contributed by atoms with Gasteiger partial charge in [0.1, 0.15) is 11.4 Å². The van der Waals surface area contributed by atoms with Gasteiger partial charge in [0, 0.05) is 6.04 Å². The van der Waals surface area contributed by atoms with Crippen molar-refractivity contribution in [1.82, 2.24) is 10.6 Å². The Bertz CT molecular complexity index is 727. The second-order valence-corrected chi connectivity index (χ2v) is 7.79. The first kappa shape index (κ1) is 24.4. The quantitative estimate of drug-likeness (QED) is 0.340. The van der Waals surface area contributed by atoms with Crippen molar-refractivity contribution in [2.75, 3.05) is 14.2 Å². The highest BCUT2D eigenvalue weighted by Gasteiger charge is 2.54. The van der Waals surface area contributed by atoms with Crippen LogP contribution in [0, 0.1) is 0 Å². The number of esters is 1. The SMILES string of the molecule is CN[C@@H](Cc1ccc(OC)cc1)C(=O)N[C@@](C(=O)O)(C(=O)OC(C)(C)C)[C@@H](C)N. The fraction of sp³-hybridized carbons (Fsp3) is 0.550. The van der Waals surface area contributed by atoms with Crippen molar-refractivity contribution in [3.05, 3.63) is 29.8 Å². The first-order chi connectivity index (χ1) is 13.4. The molecule has 0 bridgehead atoms. The first-order valence-corrected chi connectivity index (χ1v) is 9.22. The molecule has 9 heteroatoms. The number of benzene rings is 1. The smallest absolute Gasteiger partial charge is 0.345 e. The molecule has 1 rings (SSSR count). The summed E-state index contributed by atoms with van der Waals surface area (Å²) in [4.78, 5) is 37.6. The number of nitrogens with two attached hydrogens (primary N) is 1. The third-order valence-electron chi connectivity index (χ3n) is 4.33. The number of likely N-dealkylation sites (N-methyl/N-ethyl adjacent to an activating group) is 1. The van der Waals surface area contributed by atoms with E-state index in [-0.39, 0.29) is 6.42 Å². The van der Waals surface area contributed by atoms with E-state index in [1.165, 1.54) is 6.92 Å². The Labute approximate surface area is 170 Å². The Morgan fingerprint density at radius 2 is 1.72 bits per heavy atom. The molecule has 0 spiro atoms. The van der Waals surface area contributed by atoms with Crippen LogP contribution in [0.3, 0.4) is 0 Å². The standard InChI is InChI=1S/C20H31N3O6/c1-12(21)20(17(25)26,18(27)29-19(2,3)4)23-16(24)15(22-5)11-13-7-9-14(28-6)10-8-13/h7-10,12,15,22H,11,21H2,1-6H3,(H,23,24)(H,25,26)/t12-,15+,20+/m1/s1. The molecule has 0 fully saturated rings. The topological polar surface area (TPSA) is 140 Å². The van der Waals surface area contributed by atoms with Crippen LogP contribution in [0.2, 0.25) is 0 Å². The highest BCUT2D eigenvalue weighted by atomic mass is 16.6. The average molecular weight is 409 g/mol. The number of ether oxygens (including phenoxy) is 2. The van der Waals surface area contributed by atoms with Crippen LogP contribution in [0.1, 0.15) is 33.3 Å². The van der Waals surface area contributed by atoms with Crippen LogP contribution < -0.4 is 21.1 Å². The minimum Gasteiger partial charge on any atom is -0.497 e. The summed E-state index contributed by atoms with van der Waals surface area (Å²) in [5.41, 5.74) is 3.28. The molecular formula is C20H31N3O6. The summed E-state index contributed by atoms with van der Waals surface area (Å²) in [7, 11) is 3.12. The molecule has 0 unspecified atom stereocenters. The zero-order valence-electron chi connectivity index (χ0n) is 17.7. The normalized spacial score (nSPS) is 15.6. The molecule has 5 N–H and O–H groups in total. The van der Waals surface area contributed by atoms with Gasteiger partial charge in [-0.05, 0) is 58.9 Å². The second kappa shape index (κ2) is 9.71. The number of amides is 1. The van der Waals surface area contributed by atoms with Gasteiger partial charge in [0.05, 0.1) is 13.2 Å². The monoisotopic (exact) mass is 409 g/mol. The fourth-order valence-corrected chi connectivity index (χ4v) is 2.65. The zero-order valence-corrected chi connectivity index (χ0v) is 17.7. The van der Waals surface area contributed by atoms with Gasteiger partial charge in [-0.2, -0.15) is 0 Å². The molecule has 0 aromatic heterocycles. The van der Waals surface area contributed by atoms with Crippen molar-refractivity contribution >= 4 is 17.8 Å². The number of carboxylic acids is 1. The molecule has 9 nitrogen and oxygen atoms in total. The van der Waals surface area contributed by atoms with Crippen molar-refractivity contribution in [2.45, 2.75) is 57.3 Å². The van der Waals surface area contributed by atoms with Gasteiger partial charge in [-0.25, -0.2) is 9.59 Å². The lowest BCUT2D eigenvalue weighted by atomic mass is 9.90. The number of nitrogens with one attached hydrogen (secondary N) is 2. The molecule has 1 aromatic carbocycles. The average Bonchev–Trinajstić information content (AvgIpc) is 2.62. The molecule has 1 aromatic rings. The molecule has 0 saturated heterocycles. The van der Waals surface area contributed by atoms with Gasteiger partial charge in [-0.15, -0.1) is 0 Å². The molecule has 0 saturated carbocycles. The predicted molar refractivity (Wildman–Crippen MR) is 108 cm³/mol. The van der Waals surface area contributed by atoms with Crippen LogP contribution >= 0.6 is 0 Å². The first-order valence-electron chi connectivity index (χ1n) is 9.22. The number of carbonyl (C=O) groups excluding carboxylic acids is 2. The van der Waals surface area contributed by atoms with Crippen molar-refractivity contribution in [3.63, 3.8) is 0 Å². The van der Waals surface area contributed by atoms with E-state index in [1.54, 1.807) is 59.2 Å². The molecule has 1 amide bonds. The van der Waals surface area contributed by atoms with E-state index in [9.17, 15) is 19.5 Å². The summed E-state index contributed by atoms with van der Waals surface area (Å²) in [5, 5.41) is 14.9. The van der Waals surface area contributed by atoms with Crippen molar-refractivity contribution in [3.8, 4) is 5.75 Å². The number of carbonyl (C=O) groups is 3. The van der Waals surface area contributed by atoms with E-state index < -0.39 is 41.1 Å². The molecular weight excluding hydrogens is 378 g/mol. The van der Waals surface area contributed by atoms with Gasteiger partial charge >= 0.3 is 11.9 Å². The minimum atomic E-state index is -2.42. The second-order valence-electron chi connectivity index (χ2n) is 7.79. The van der Waals surface area contributed by atoms with Gasteiger partial charge in [0.2, 0.25) is 5.91 Å². The summed E-state index contributed by atoms with van der Waals surface area (Å²) < 4.78 is 10.3. The third kappa shape index (κ3) is 6.16. The maximum absolute atomic E-state index is 12.9. The Kier molecular flexibility index (Phi) is 8.16. The van der Waals surface area contributed by atoms with Crippen molar-refractivity contribution < 1.29 is 29.0 Å². The molecule has 29 heavy (non-hydrogen) atoms. The van der Waals surface area contributed by atoms with Gasteiger partial charge in [-0.1, -0.05) is 12.1 Å². The third-order valence-corrected chi connectivity index (χ3v) is 4.33. The lowest BCUT2D eigenvalue weighted by Gasteiger charge is -2.35. The fourth-order valence-electron chi connectivity index (χ4n) is 2.65. The lowest BCUT2D eigenvalue weighted by Crippen LogP contribution is -2.71. The molecule has 0 aliphatic carbocycles. The number of aliphatic carboxylic acids is 1. The maximum atomic E-state index is 12.9. The van der Waals surface area contributed by atoms with E-state index in [4.69, 9.17) is 15.2 Å². The number of carboxylic acid groups (broad SMARTS) is 1. The van der Waals surface area contributed by atoms with E-state index in [2.05, 4.69) is 10.6 Å². The van der Waals surface area contributed by atoms with Gasteiger partial charge in [0.25, 0.3) is 5.54 Å². The van der Waals surface area contributed by atoms with Gasteiger partial charge in [0.15, 0.2) is 0 Å². The predicted octanol–water partition coefficient (Wildman–Crippen LogP) is 0.454. The van der Waals surface area contributed by atoms with Crippen molar-refractivity contribution in [1.29, 1.82) is 0 Å². The molecule has 3 atom stereocenters. The maximum Gasteiger partial charge on any atom is 0.345 e. The Hall–Kier alpha value is -2.65. The number of hydrogen-bond acceptors (Lipinski definition) is 7. The minimum absolute atomic E-state index is 0.259. The largest absolute Gasteiger partial charge is 0.497 e. The summed E-state index contributed by atoms with van der Waals surface area (Å²) >= 11 is 0. The number of hydrogen-bond donors (Lipinski definition) is 4. The molecule has 0 heterocycles. The Morgan fingerprint density at radius 3 is 2.10 bits per heavy atom. The van der Waals surface area contributed by atoms with Crippen LogP contribution in [0.4, 0.5) is 0 Å². The van der Waals surface area contributed by atoms with E-state index >= 15 is 0 Å². The molecule has 0 aliphatic rings. The summed E-state index contributed by atoms with van der Waals surface area (Å²) in [5.74, 6) is -2.73. The lowest BCUT2D eigenvalue weighted by molar-refractivity contribution is -0.174. The number of rotatable bonds is 9. The Balaban J connectivity index is 3.13. The Morgan fingerprint density at radius 1 is 1.17 bits per heavy atom. The molecule has 162 valence electrons. The summed E-state index contributed by atoms with van der Waals surface area (Å²) in [6.45, 7) is 6.12. The van der Waals surface area contributed by atoms with Crippen LogP contribution in [0.25, 0.3) is 0 Å². The van der Waals surface area contributed by atoms with E-state index in [0.29, 0.717) is 5.75 Å².